The van der Waals surface area contributed by atoms with Crippen LogP contribution in [0.3, 0.4) is 0 Å². The molecule has 1 aliphatic carbocycles. The third-order valence-corrected chi connectivity index (χ3v) is 5.82. The van der Waals surface area contributed by atoms with Crippen molar-refractivity contribution in [2.45, 2.75) is 44.3 Å². The molecule has 32 heavy (non-hydrogen) atoms. The molecule has 0 saturated heterocycles. The van der Waals surface area contributed by atoms with Gasteiger partial charge >= 0.3 is 0 Å². The van der Waals surface area contributed by atoms with Crippen LogP contribution in [-0.2, 0) is 6.54 Å². The Morgan fingerprint density at radius 1 is 1.00 bits per heavy atom. The van der Waals surface area contributed by atoms with E-state index in [2.05, 4.69) is 26.7 Å². The first-order chi connectivity index (χ1) is 15.7. The molecule has 6 heteroatoms. The standard InChI is InChI=1S/C26H28N4O2/c31-25-24(15-20(17-29-25)9-8-19-5-2-1-3-6-19)26(32)30-23-12-10-22(11-13-23)28-18-21-7-4-14-27-16-21/h1-9,14-17,22-23,28H,10-13,18H2,(H,29,31)(H,30,32)/b9-8+. The molecule has 2 heterocycles. The van der Waals surface area contributed by atoms with Crippen LogP contribution < -0.4 is 16.2 Å². The van der Waals surface area contributed by atoms with E-state index < -0.39 is 0 Å². The highest BCUT2D eigenvalue weighted by molar-refractivity contribution is 5.94. The monoisotopic (exact) mass is 428 g/mol. The molecule has 0 unspecified atom stereocenters. The molecule has 164 valence electrons. The maximum absolute atomic E-state index is 12.8. The van der Waals surface area contributed by atoms with Gasteiger partial charge in [0.25, 0.3) is 11.5 Å². The van der Waals surface area contributed by atoms with Gasteiger partial charge in [-0.05, 0) is 54.5 Å². The Hall–Kier alpha value is -3.51. The van der Waals surface area contributed by atoms with E-state index in [-0.39, 0.29) is 23.1 Å². The minimum Gasteiger partial charge on any atom is -0.349 e. The van der Waals surface area contributed by atoms with E-state index in [1.165, 1.54) is 5.56 Å². The Labute approximate surface area is 187 Å². The Bertz CT molecular complexity index is 1100. The lowest BCUT2D eigenvalue weighted by atomic mass is 9.91. The van der Waals surface area contributed by atoms with Crippen molar-refractivity contribution in [2.24, 2.45) is 0 Å². The van der Waals surface area contributed by atoms with Crippen molar-refractivity contribution in [3.63, 3.8) is 0 Å². The summed E-state index contributed by atoms with van der Waals surface area (Å²) in [4.78, 5) is 31.8. The summed E-state index contributed by atoms with van der Waals surface area (Å²) < 4.78 is 0. The molecule has 0 spiro atoms. The van der Waals surface area contributed by atoms with Crippen molar-refractivity contribution in [3.05, 3.63) is 99.7 Å². The number of carbonyl (C=O) groups excluding carboxylic acids is 1. The number of pyridine rings is 2. The molecule has 6 nitrogen and oxygen atoms in total. The summed E-state index contributed by atoms with van der Waals surface area (Å²) in [6.07, 6.45) is 12.9. The second-order valence-electron chi connectivity index (χ2n) is 8.18. The van der Waals surface area contributed by atoms with Gasteiger partial charge in [-0.25, -0.2) is 0 Å². The SMILES string of the molecule is O=C(NC1CCC(NCc2cccnc2)CC1)c1cc(/C=C/c2ccccc2)c[nH]c1=O. The van der Waals surface area contributed by atoms with Crippen molar-refractivity contribution in [3.8, 4) is 0 Å². The molecule has 0 atom stereocenters. The fourth-order valence-corrected chi connectivity index (χ4v) is 3.99. The summed E-state index contributed by atoms with van der Waals surface area (Å²) >= 11 is 0. The molecule has 3 N–H and O–H groups in total. The molecular formula is C26H28N4O2. The lowest BCUT2D eigenvalue weighted by Crippen LogP contribution is -2.43. The van der Waals surface area contributed by atoms with E-state index in [1.807, 2.05) is 54.7 Å². The molecule has 0 bridgehead atoms. The Morgan fingerprint density at radius 2 is 1.75 bits per heavy atom. The molecule has 0 radical (unpaired) electrons. The molecule has 1 amide bonds. The summed E-state index contributed by atoms with van der Waals surface area (Å²) in [5.74, 6) is -0.312. The first-order valence-corrected chi connectivity index (χ1v) is 11.1. The van der Waals surface area contributed by atoms with Crippen LogP contribution in [0.1, 0.15) is 52.7 Å². The average molecular weight is 429 g/mol. The molecule has 2 aromatic heterocycles. The smallest absolute Gasteiger partial charge is 0.260 e. The van der Waals surface area contributed by atoms with Gasteiger partial charge in [0.15, 0.2) is 0 Å². The van der Waals surface area contributed by atoms with Crippen LogP contribution in [0.2, 0.25) is 0 Å². The van der Waals surface area contributed by atoms with Gasteiger partial charge in [0.05, 0.1) is 0 Å². The number of nitrogens with zero attached hydrogens (tertiary/aromatic N) is 1. The largest absolute Gasteiger partial charge is 0.349 e. The number of H-pyrrole nitrogens is 1. The Balaban J connectivity index is 1.30. The normalized spacial score (nSPS) is 18.5. The van der Waals surface area contributed by atoms with Crippen LogP contribution in [0.5, 0.6) is 0 Å². The number of hydrogen-bond donors (Lipinski definition) is 3. The van der Waals surface area contributed by atoms with E-state index in [9.17, 15) is 9.59 Å². The van der Waals surface area contributed by atoms with Gasteiger partial charge in [0.1, 0.15) is 5.56 Å². The van der Waals surface area contributed by atoms with Crippen LogP contribution in [0.25, 0.3) is 12.2 Å². The molecule has 1 fully saturated rings. The van der Waals surface area contributed by atoms with Crippen LogP contribution >= 0.6 is 0 Å². The summed E-state index contributed by atoms with van der Waals surface area (Å²) in [5.41, 5.74) is 2.78. The second kappa shape index (κ2) is 10.7. The van der Waals surface area contributed by atoms with E-state index in [4.69, 9.17) is 0 Å². The first-order valence-electron chi connectivity index (χ1n) is 11.1. The Morgan fingerprint density at radius 3 is 2.50 bits per heavy atom. The van der Waals surface area contributed by atoms with Crippen molar-refractivity contribution in [1.29, 1.82) is 0 Å². The van der Waals surface area contributed by atoms with E-state index in [0.29, 0.717) is 6.04 Å². The minimum absolute atomic E-state index is 0.0851. The summed E-state index contributed by atoms with van der Waals surface area (Å²) in [7, 11) is 0. The Kier molecular flexibility index (Phi) is 7.25. The lowest BCUT2D eigenvalue weighted by Gasteiger charge is -2.29. The van der Waals surface area contributed by atoms with Gasteiger partial charge in [0, 0.05) is 37.2 Å². The van der Waals surface area contributed by atoms with Crippen molar-refractivity contribution < 1.29 is 4.79 Å². The third kappa shape index (κ3) is 6.02. The van der Waals surface area contributed by atoms with Crippen molar-refractivity contribution in [1.82, 2.24) is 20.6 Å². The molecular weight excluding hydrogens is 400 g/mol. The predicted molar refractivity (Wildman–Crippen MR) is 127 cm³/mol. The second-order valence-corrected chi connectivity index (χ2v) is 8.18. The lowest BCUT2D eigenvalue weighted by molar-refractivity contribution is 0.0922. The number of benzene rings is 1. The number of aromatic amines is 1. The zero-order valence-electron chi connectivity index (χ0n) is 18.0. The van der Waals surface area contributed by atoms with Gasteiger partial charge in [-0.2, -0.15) is 0 Å². The van der Waals surface area contributed by atoms with Crippen LogP contribution in [0.15, 0.2) is 71.9 Å². The quantitative estimate of drug-likeness (QED) is 0.535. The van der Waals surface area contributed by atoms with Crippen LogP contribution in [0, 0.1) is 0 Å². The van der Waals surface area contributed by atoms with E-state index in [0.717, 1.165) is 43.4 Å². The number of carbonyl (C=O) groups is 1. The van der Waals surface area contributed by atoms with Crippen molar-refractivity contribution >= 4 is 18.1 Å². The van der Waals surface area contributed by atoms with Gasteiger partial charge in [0.2, 0.25) is 0 Å². The van der Waals surface area contributed by atoms with Gasteiger partial charge < -0.3 is 15.6 Å². The van der Waals surface area contributed by atoms with Gasteiger partial charge in [-0.15, -0.1) is 0 Å². The van der Waals surface area contributed by atoms with Gasteiger partial charge in [-0.1, -0.05) is 48.6 Å². The topological polar surface area (TPSA) is 86.9 Å². The average Bonchev–Trinajstić information content (AvgIpc) is 2.84. The predicted octanol–water partition coefficient (Wildman–Crippen LogP) is 3.77. The zero-order chi connectivity index (χ0) is 22.2. The number of hydrogen-bond acceptors (Lipinski definition) is 4. The van der Waals surface area contributed by atoms with Crippen LogP contribution in [0.4, 0.5) is 0 Å². The van der Waals surface area contributed by atoms with Crippen LogP contribution in [-0.4, -0.2) is 28.0 Å². The number of nitrogens with one attached hydrogen (secondary N) is 3. The maximum atomic E-state index is 12.8. The minimum atomic E-state index is -0.369. The third-order valence-electron chi connectivity index (χ3n) is 5.82. The fourth-order valence-electron chi connectivity index (χ4n) is 3.99. The summed E-state index contributed by atoms with van der Waals surface area (Å²) in [5, 5.41) is 6.62. The van der Waals surface area contributed by atoms with E-state index >= 15 is 0 Å². The number of amides is 1. The molecule has 1 aromatic carbocycles. The molecule has 1 aliphatic rings. The fraction of sp³-hybridized carbons (Fsp3) is 0.269. The van der Waals surface area contributed by atoms with E-state index in [1.54, 1.807) is 18.5 Å². The summed E-state index contributed by atoms with van der Waals surface area (Å²) in [6.45, 7) is 0.800. The maximum Gasteiger partial charge on any atom is 0.260 e. The molecule has 1 saturated carbocycles. The number of aromatic nitrogens is 2. The van der Waals surface area contributed by atoms with Gasteiger partial charge in [-0.3, -0.25) is 14.6 Å². The molecule has 3 aromatic rings. The number of rotatable bonds is 7. The molecule has 4 rings (SSSR count). The highest BCUT2D eigenvalue weighted by Gasteiger charge is 2.23. The first kappa shape index (κ1) is 21.7. The summed E-state index contributed by atoms with van der Waals surface area (Å²) in [6, 6.07) is 16.1. The highest BCUT2D eigenvalue weighted by atomic mass is 16.2. The zero-order valence-corrected chi connectivity index (χ0v) is 18.0. The van der Waals surface area contributed by atoms with Crippen molar-refractivity contribution in [2.75, 3.05) is 0 Å². The highest BCUT2D eigenvalue weighted by Crippen LogP contribution is 2.19. The molecule has 0 aliphatic heterocycles.